The number of hydrogen-bond acceptors (Lipinski definition) is 5. The Kier molecular flexibility index (Phi) is 7.65. The van der Waals surface area contributed by atoms with E-state index in [2.05, 4.69) is 11.9 Å². The van der Waals surface area contributed by atoms with Crippen molar-refractivity contribution in [3.05, 3.63) is 72.3 Å². The van der Waals surface area contributed by atoms with Crippen molar-refractivity contribution >= 4 is 45.0 Å². The van der Waals surface area contributed by atoms with E-state index < -0.39 is 0 Å². The second-order valence-electron chi connectivity index (χ2n) is 7.12. The predicted molar refractivity (Wildman–Crippen MR) is 128 cm³/mol. The van der Waals surface area contributed by atoms with Gasteiger partial charge < -0.3 is 9.30 Å². The molecule has 0 fully saturated rings. The van der Waals surface area contributed by atoms with E-state index in [1.54, 1.807) is 31.0 Å². The molecule has 0 saturated carbocycles. The third-order valence-corrected chi connectivity index (χ3v) is 6.21. The average molecular weight is 457 g/mol. The quantitative estimate of drug-likeness (QED) is 0.378. The van der Waals surface area contributed by atoms with Crippen LogP contribution in [0.15, 0.2) is 61.2 Å². The molecule has 0 bridgehead atoms. The Balaban J connectivity index is 0.00000272. The molecule has 6 nitrogen and oxygen atoms in total. The van der Waals surface area contributed by atoms with Gasteiger partial charge in [-0.05, 0) is 30.5 Å². The Bertz CT molecular complexity index is 1130. The number of ether oxygens (including phenoxy) is 1. The Hall–Kier alpha value is -2.90. The Morgan fingerprint density at radius 1 is 1.19 bits per heavy atom. The van der Waals surface area contributed by atoms with E-state index in [1.165, 1.54) is 0 Å². The number of anilines is 1. The lowest BCUT2D eigenvalue weighted by atomic mass is 10.1. The lowest BCUT2D eigenvalue weighted by Gasteiger charge is -2.20. The summed E-state index contributed by atoms with van der Waals surface area (Å²) in [7, 11) is 1.65. The highest BCUT2D eigenvalue weighted by Gasteiger charge is 2.21. The number of nitrogens with zero attached hydrogens (tertiary/aromatic N) is 4. The van der Waals surface area contributed by atoms with Crippen LogP contribution in [0.2, 0.25) is 0 Å². The first-order chi connectivity index (χ1) is 14.7. The van der Waals surface area contributed by atoms with Crippen LogP contribution >= 0.6 is 23.7 Å². The van der Waals surface area contributed by atoms with E-state index in [1.807, 2.05) is 58.1 Å². The summed E-state index contributed by atoms with van der Waals surface area (Å²) in [5.41, 5.74) is 2.94. The summed E-state index contributed by atoms with van der Waals surface area (Å²) in [4.78, 5) is 24.0. The lowest BCUT2D eigenvalue weighted by molar-refractivity contribution is -0.118. The van der Waals surface area contributed by atoms with Crippen LogP contribution in [-0.4, -0.2) is 34.1 Å². The van der Waals surface area contributed by atoms with Gasteiger partial charge in [0.1, 0.15) is 11.3 Å². The minimum Gasteiger partial charge on any atom is -0.494 e. The van der Waals surface area contributed by atoms with Gasteiger partial charge in [0.05, 0.1) is 24.6 Å². The van der Waals surface area contributed by atoms with Crippen molar-refractivity contribution in [1.29, 1.82) is 0 Å². The number of carbonyl (C=O) groups is 1. The highest BCUT2D eigenvalue weighted by molar-refractivity contribution is 7.22. The Morgan fingerprint density at radius 2 is 2.00 bits per heavy atom. The van der Waals surface area contributed by atoms with E-state index in [0.717, 1.165) is 40.1 Å². The number of methoxy groups -OCH3 is 1. The van der Waals surface area contributed by atoms with Crippen LogP contribution in [0.5, 0.6) is 5.75 Å². The van der Waals surface area contributed by atoms with Gasteiger partial charge in [-0.2, -0.15) is 0 Å². The van der Waals surface area contributed by atoms with Crippen molar-refractivity contribution < 1.29 is 9.53 Å². The second-order valence-corrected chi connectivity index (χ2v) is 8.10. The molecule has 162 valence electrons. The number of imidazole rings is 1. The van der Waals surface area contributed by atoms with Crippen LogP contribution in [-0.2, 0) is 17.8 Å². The van der Waals surface area contributed by atoms with Gasteiger partial charge in [0, 0.05) is 25.5 Å². The van der Waals surface area contributed by atoms with Crippen LogP contribution in [0.3, 0.4) is 0 Å². The van der Waals surface area contributed by atoms with Crippen molar-refractivity contribution in [3.8, 4) is 5.75 Å². The van der Waals surface area contributed by atoms with E-state index in [0.29, 0.717) is 18.1 Å². The number of thiazole rings is 1. The van der Waals surface area contributed by atoms with Gasteiger partial charge in [0.25, 0.3) is 0 Å². The van der Waals surface area contributed by atoms with E-state index in [4.69, 9.17) is 9.72 Å². The fraction of sp³-hybridized carbons (Fsp3) is 0.261. The number of benzene rings is 2. The van der Waals surface area contributed by atoms with Gasteiger partial charge in [-0.25, -0.2) is 9.97 Å². The maximum absolute atomic E-state index is 13.3. The minimum atomic E-state index is 0. The summed E-state index contributed by atoms with van der Waals surface area (Å²) in [6.45, 7) is 3.44. The predicted octanol–water partition coefficient (Wildman–Crippen LogP) is 4.90. The Labute approximate surface area is 191 Å². The lowest BCUT2D eigenvalue weighted by Crippen LogP contribution is -2.33. The third-order valence-electron chi connectivity index (χ3n) is 5.00. The normalized spacial score (nSPS) is 10.6. The molecule has 1 amide bonds. The molecule has 0 radical (unpaired) electrons. The van der Waals surface area contributed by atoms with Gasteiger partial charge in [0.2, 0.25) is 5.91 Å². The van der Waals surface area contributed by atoms with Crippen LogP contribution in [0.25, 0.3) is 10.2 Å². The zero-order chi connectivity index (χ0) is 20.9. The van der Waals surface area contributed by atoms with Gasteiger partial charge in [-0.15, -0.1) is 12.4 Å². The monoisotopic (exact) mass is 456 g/mol. The van der Waals surface area contributed by atoms with Gasteiger partial charge in [-0.3, -0.25) is 9.69 Å². The third kappa shape index (κ3) is 5.24. The average Bonchev–Trinajstić information content (AvgIpc) is 3.43. The standard InChI is InChI=1S/C23H24N4O2S.ClH/c1-17-9-10-19(29-2)21-22(17)30-23(25-21)27(13-6-12-26-14-11-24-16-26)20(28)15-18-7-4-3-5-8-18;/h3-5,7-11,14,16H,6,12-13,15H2,1-2H3;1H. The summed E-state index contributed by atoms with van der Waals surface area (Å²) in [5, 5.41) is 0.712. The van der Waals surface area contributed by atoms with Crippen LogP contribution in [0.1, 0.15) is 17.5 Å². The van der Waals surface area contributed by atoms with Crippen molar-refractivity contribution in [2.24, 2.45) is 0 Å². The molecular weight excluding hydrogens is 432 g/mol. The minimum absolute atomic E-state index is 0. The van der Waals surface area contributed by atoms with Crippen molar-refractivity contribution in [2.45, 2.75) is 26.3 Å². The first kappa shape index (κ1) is 22.8. The van der Waals surface area contributed by atoms with Crippen molar-refractivity contribution in [1.82, 2.24) is 14.5 Å². The number of rotatable bonds is 8. The van der Waals surface area contributed by atoms with Gasteiger partial charge in [-0.1, -0.05) is 47.7 Å². The maximum atomic E-state index is 13.3. The Morgan fingerprint density at radius 3 is 2.71 bits per heavy atom. The molecule has 0 N–H and O–H groups in total. The first-order valence-electron chi connectivity index (χ1n) is 9.90. The van der Waals surface area contributed by atoms with Crippen molar-refractivity contribution in [3.63, 3.8) is 0 Å². The van der Waals surface area contributed by atoms with Crippen molar-refractivity contribution in [2.75, 3.05) is 18.6 Å². The molecule has 8 heteroatoms. The SMILES string of the molecule is COc1ccc(C)c2sc(N(CCCn3ccnc3)C(=O)Cc3ccccc3)nc12.Cl. The van der Waals surface area contributed by atoms with E-state index >= 15 is 0 Å². The number of aryl methyl sites for hydroxylation is 2. The molecule has 2 heterocycles. The number of fused-ring (bicyclic) bond motifs is 1. The first-order valence-corrected chi connectivity index (χ1v) is 10.7. The fourth-order valence-corrected chi connectivity index (χ4v) is 4.50. The van der Waals surface area contributed by atoms with Gasteiger partial charge in [0.15, 0.2) is 5.13 Å². The van der Waals surface area contributed by atoms with Crippen LogP contribution < -0.4 is 9.64 Å². The molecule has 31 heavy (non-hydrogen) atoms. The molecule has 0 aliphatic heterocycles. The summed E-state index contributed by atoms with van der Waals surface area (Å²) in [6.07, 6.45) is 6.64. The topological polar surface area (TPSA) is 60.2 Å². The molecular formula is C23H25ClN4O2S. The summed E-state index contributed by atoms with van der Waals surface area (Å²) < 4.78 is 8.56. The summed E-state index contributed by atoms with van der Waals surface area (Å²) >= 11 is 1.54. The zero-order valence-corrected chi connectivity index (χ0v) is 19.2. The molecule has 2 aromatic carbocycles. The molecule has 0 aliphatic rings. The highest BCUT2D eigenvalue weighted by Crippen LogP contribution is 2.36. The molecule has 4 aromatic rings. The summed E-state index contributed by atoms with van der Waals surface area (Å²) in [5.74, 6) is 0.773. The van der Waals surface area contributed by atoms with Crippen LogP contribution in [0, 0.1) is 6.92 Å². The van der Waals surface area contributed by atoms with E-state index in [9.17, 15) is 4.79 Å². The largest absolute Gasteiger partial charge is 0.494 e. The molecule has 0 saturated heterocycles. The smallest absolute Gasteiger partial charge is 0.233 e. The number of carbonyl (C=O) groups excluding carboxylic acids is 1. The second kappa shape index (κ2) is 10.4. The molecule has 0 unspecified atom stereocenters. The number of hydrogen-bond donors (Lipinski definition) is 0. The zero-order valence-electron chi connectivity index (χ0n) is 17.5. The molecule has 4 rings (SSSR count). The molecule has 0 spiro atoms. The van der Waals surface area contributed by atoms with Crippen LogP contribution in [0.4, 0.5) is 5.13 Å². The number of aromatic nitrogens is 3. The number of halogens is 1. The number of amides is 1. The molecule has 0 aliphatic carbocycles. The molecule has 2 aromatic heterocycles. The maximum Gasteiger partial charge on any atom is 0.233 e. The fourth-order valence-electron chi connectivity index (χ4n) is 3.40. The highest BCUT2D eigenvalue weighted by atomic mass is 35.5. The van der Waals surface area contributed by atoms with Gasteiger partial charge >= 0.3 is 0 Å². The summed E-state index contributed by atoms with van der Waals surface area (Å²) in [6, 6.07) is 13.8. The van der Waals surface area contributed by atoms with E-state index in [-0.39, 0.29) is 18.3 Å². The molecule has 0 atom stereocenters.